The number of carbonyl (C=O) groups is 1. The van der Waals surface area contributed by atoms with Gasteiger partial charge in [0.25, 0.3) is 0 Å². The highest BCUT2D eigenvalue weighted by Crippen LogP contribution is 2.23. The number of benzene rings is 1. The van der Waals surface area contributed by atoms with E-state index >= 15 is 0 Å². The zero-order chi connectivity index (χ0) is 15.9. The molecule has 0 spiro atoms. The number of carboxylic acid groups (broad SMARTS) is 1. The summed E-state index contributed by atoms with van der Waals surface area (Å²) in [6.45, 7) is 7.58. The van der Waals surface area contributed by atoms with E-state index in [4.69, 9.17) is 5.11 Å². The summed E-state index contributed by atoms with van der Waals surface area (Å²) in [5, 5.41) is 8.85. The summed E-state index contributed by atoms with van der Waals surface area (Å²) in [6.07, 6.45) is 3.43. The molecule has 0 aromatic heterocycles. The van der Waals surface area contributed by atoms with Gasteiger partial charge in [0.2, 0.25) is 0 Å². The quantitative estimate of drug-likeness (QED) is 0.840. The van der Waals surface area contributed by atoms with Gasteiger partial charge in [-0.2, -0.15) is 0 Å². The topological polar surface area (TPSA) is 43.8 Å². The number of rotatable bonds is 7. The van der Waals surface area contributed by atoms with Crippen LogP contribution in [0.1, 0.15) is 33.1 Å². The Bertz CT molecular complexity index is 453. The SMILES string of the molecule is CC(C)N(CCC1CCN(CC(=O)O)CC1)c1ccccc1. The summed E-state index contributed by atoms with van der Waals surface area (Å²) in [7, 11) is 0. The normalized spacial score (nSPS) is 16.9. The number of likely N-dealkylation sites (tertiary alicyclic amines) is 1. The maximum Gasteiger partial charge on any atom is 0.317 e. The lowest BCUT2D eigenvalue weighted by molar-refractivity contribution is -0.138. The molecule has 4 heteroatoms. The van der Waals surface area contributed by atoms with Gasteiger partial charge in [-0.15, -0.1) is 0 Å². The van der Waals surface area contributed by atoms with E-state index in [2.05, 4.69) is 54.0 Å². The Labute approximate surface area is 133 Å². The predicted molar refractivity (Wildman–Crippen MR) is 90.3 cm³/mol. The van der Waals surface area contributed by atoms with E-state index in [9.17, 15) is 4.79 Å². The Morgan fingerprint density at radius 3 is 2.45 bits per heavy atom. The van der Waals surface area contributed by atoms with Crippen molar-refractivity contribution in [2.45, 2.75) is 39.2 Å². The van der Waals surface area contributed by atoms with Crippen LogP contribution in [0.5, 0.6) is 0 Å². The van der Waals surface area contributed by atoms with E-state index in [1.54, 1.807) is 0 Å². The van der Waals surface area contributed by atoms with Gasteiger partial charge in [-0.3, -0.25) is 9.69 Å². The monoisotopic (exact) mass is 304 g/mol. The van der Waals surface area contributed by atoms with Gasteiger partial charge in [-0.1, -0.05) is 18.2 Å². The standard InChI is InChI=1S/C18H28N2O2/c1-15(2)20(17-6-4-3-5-7-17)13-10-16-8-11-19(12-9-16)14-18(21)22/h3-7,15-16H,8-14H2,1-2H3,(H,21,22). The molecule has 0 aliphatic carbocycles. The fraction of sp³-hybridized carbons (Fsp3) is 0.611. The van der Waals surface area contributed by atoms with Crippen LogP contribution in [0.2, 0.25) is 0 Å². The largest absolute Gasteiger partial charge is 0.480 e. The van der Waals surface area contributed by atoms with Crippen molar-refractivity contribution in [1.82, 2.24) is 4.90 Å². The van der Waals surface area contributed by atoms with Crippen molar-refractivity contribution >= 4 is 11.7 Å². The second-order valence-electron chi connectivity index (χ2n) is 6.52. The highest BCUT2D eigenvalue weighted by molar-refractivity contribution is 5.69. The molecule has 1 aromatic carbocycles. The van der Waals surface area contributed by atoms with Gasteiger partial charge in [0, 0.05) is 18.3 Å². The van der Waals surface area contributed by atoms with E-state index < -0.39 is 5.97 Å². The third-order valence-electron chi connectivity index (χ3n) is 4.56. The third kappa shape index (κ3) is 5.02. The molecule has 0 radical (unpaired) electrons. The molecule has 0 unspecified atom stereocenters. The lowest BCUT2D eigenvalue weighted by atomic mass is 9.93. The van der Waals surface area contributed by atoms with Crippen molar-refractivity contribution in [3.05, 3.63) is 30.3 Å². The van der Waals surface area contributed by atoms with Crippen LogP contribution >= 0.6 is 0 Å². The lowest BCUT2D eigenvalue weighted by Gasteiger charge is -2.34. The summed E-state index contributed by atoms with van der Waals surface area (Å²) in [5.74, 6) is 0.00326. The molecular weight excluding hydrogens is 276 g/mol. The fourth-order valence-electron chi connectivity index (χ4n) is 3.25. The van der Waals surface area contributed by atoms with Crippen LogP contribution in [0.3, 0.4) is 0 Å². The first-order valence-electron chi connectivity index (χ1n) is 8.32. The first-order chi connectivity index (χ1) is 10.6. The Morgan fingerprint density at radius 1 is 1.27 bits per heavy atom. The third-order valence-corrected chi connectivity index (χ3v) is 4.56. The number of hydrogen-bond acceptors (Lipinski definition) is 3. The van der Waals surface area contributed by atoms with E-state index in [1.807, 2.05) is 0 Å². The Balaban J connectivity index is 1.80. The van der Waals surface area contributed by atoms with E-state index in [0.717, 1.165) is 38.4 Å². The van der Waals surface area contributed by atoms with Crippen molar-refractivity contribution in [2.24, 2.45) is 5.92 Å². The highest BCUT2D eigenvalue weighted by Gasteiger charge is 2.21. The molecule has 1 aliphatic rings. The fourth-order valence-corrected chi connectivity index (χ4v) is 3.25. The van der Waals surface area contributed by atoms with E-state index in [-0.39, 0.29) is 6.54 Å². The van der Waals surface area contributed by atoms with Gasteiger partial charge in [0.1, 0.15) is 0 Å². The Hall–Kier alpha value is -1.55. The molecular formula is C18H28N2O2. The summed E-state index contributed by atoms with van der Waals surface area (Å²) in [5.41, 5.74) is 1.29. The molecule has 4 nitrogen and oxygen atoms in total. The van der Waals surface area contributed by atoms with Gasteiger partial charge in [-0.25, -0.2) is 0 Å². The van der Waals surface area contributed by atoms with Crippen LogP contribution in [-0.2, 0) is 4.79 Å². The van der Waals surface area contributed by atoms with Crippen molar-refractivity contribution < 1.29 is 9.90 Å². The molecule has 122 valence electrons. The minimum Gasteiger partial charge on any atom is -0.480 e. The van der Waals surface area contributed by atoms with E-state index in [0.29, 0.717) is 6.04 Å². The zero-order valence-electron chi connectivity index (χ0n) is 13.7. The minimum absolute atomic E-state index is 0.189. The van der Waals surface area contributed by atoms with E-state index in [1.165, 1.54) is 12.1 Å². The maximum absolute atomic E-state index is 10.7. The first kappa shape index (κ1) is 16.8. The number of hydrogen-bond donors (Lipinski definition) is 1. The van der Waals surface area contributed by atoms with Gasteiger partial charge in [-0.05, 0) is 64.3 Å². The molecule has 1 fully saturated rings. The molecule has 0 saturated carbocycles. The highest BCUT2D eigenvalue weighted by atomic mass is 16.4. The van der Waals surface area contributed by atoms with Crippen LogP contribution < -0.4 is 4.90 Å². The average molecular weight is 304 g/mol. The lowest BCUT2D eigenvalue weighted by Crippen LogP contribution is -2.39. The van der Waals surface area contributed by atoms with Crippen LogP contribution in [0.25, 0.3) is 0 Å². The van der Waals surface area contributed by atoms with Gasteiger partial charge in [0.15, 0.2) is 0 Å². The number of carboxylic acids is 1. The Morgan fingerprint density at radius 2 is 1.91 bits per heavy atom. The first-order valence-corrected chi connectivity index (χ1v) is 8.32. The van der Waals surface area contributed by atoms with Crippen LogP contribution in [0, 0.1) is 5.92 Å². The summed E-state index contributed by atoms with van der Waals surface area (Å²) in [4.78, 5) is 15.3. The average Bonchev–Trinajstić information content (AvgIpc) is 2.49. The molecule has 0 bridgehead atoms. The molecule has 0 atom stereocenters. The zero-order valence-corrected chi connectivity index (χ0v) is 13.7. The molecule has 1 aliphatic heterocycles. The van der Waals surface area contributed by atoms with Crippen molar-refractivity contribution in [1.29, 1.82) is 0 Å². The second kappa shape index (κ2) is 8.18. The predicted octanol–water partition coefficient (Wildman–Crippen LogP) is 3.09. The maximum atomic E-state index is 10.7. The van der Waals surface area contributed by atoms with Crippen LogP contribution in [0.4, 0.5) is 5.69 Å². The molecule has 1 heterocycles. The van der Waals surface area contributed by atoms with Crippen molar-refractivity contribution in [3.63, 3.8) is 0 Å². The summed E-state index contributed by atoms with van der Waals surface area (Å²) >= 11 is 0. The smallest absolute Gasteiger partial charge is 0.317 e. The minimum atomic E-state index is -0.714. The van der Waals surface area contributed by atoms with Gasteiger partial charge >= 0.3 is 5.97 Å². The number of para-hydroxylation sites is 1. The van der Waals surface area contributed by atoms with Crippen LogP contribution in [-0.4, -0.2) is 48.2 Å². The van der Waals surface area contributed by atoms with Crippen LogP contribution in [0.15, 0.2) is 30.3 Å². The number of piperidine rings is 1. The van der Waals surface area contributed by atoms with Gasteiger partial charge < -0.3 is 10.0 Å². The second-order valence-corrected chi connectivity index (χ2v) is 6.52. The van der Waals surface area contributed by atoms with Gasteiger partial charge in [0.05, 0.1) is 6.54 Å². The number of nitrogens with zero attached hydrogens (tertiary/aromatic N) is 2. The van der Waals surface area contributed by atoms with Crippen molar-refractivity contribution in [2.75, 3.05) is 31.1 Å². The molecule has 0 amide bonds. The number of aliphatic carboxylic acids is 1. The molecule has 1 saturated heterocycles. The molecule has 1 aromatic rings. The van der Waals surface area contributed by atoms with Crippen molar-refractivity contribution in [3.8, 4) is 0 Å². The summed E-state index contributed by atoms with van der Waals surface area (Å²) in [6, 6.07) is 11.1. The molecule has 22 heavy (non-hydrogen) atoms. The number of anilines is 1. The Kier molecular flexibility index (Phi) is 6.25. The summed E-state index contributed by atoms with van der Waals surface area (Å²) < 4.78 is 0. The molecule has 2 rings (SSSR count). The molecule has 1 N–H and O–H groups in total.